The first-order chi connectivity index (χ1) is 13.1. The van der Waals surface area contributed by atoms with Crippen LogP contribution in [0.4, 0.5) is 0 Å². The molecule has 0 spiro atoms. The minimum absolute atomic E-state index is 0.0304. The molecule has 142 valence electrons. The molecule has 1 amide bonds. The van der Waals surface area contributed by atoms with Crippen LogP contribution in [0.2, 0.25) is 0 Å². The normalized spacial score (nSPS) is 14.8. The Balaban J connectivity index is 1.73. The fourth-order valence-corrected chi connectivity index (χ4v) is 3.62. The Bertz CT molecular complexity index is 842. The number of phenols is 1. The van der Waals surface area contributed by atoms with E-state index in [4.69, 9.17) is 10.5 Å². The Morgan fingerprint density at radius 1 is 1.30 bits per heavy atom. The average molecular weight is 368 g/mol. The number of carbonyl (C=O) groups is 2. The van der Waals surface area contributed by atoms with Crippen molar-refractivity contribution in [3.8, 4) is 11.5 Å². The van der Waals surface area contributed by atoms with E-state index >= 15 is 0 Å². The van der Waals surface area contributed by atoms with Crippen molar-refractivity contribution in [1.82, 2.24) is 4.90 Å². The summed E-state index contributed by atoms with van der Waals surface area (Å²) < 4.78 is 5.01. The van der Waals surface area contributed by atoms with Crippen LogP contribution < -0.4 is 10.5 Å². The van der Waals surface area contributed by atoms with E-state index in [0.29, 0.717) is 31.8 Å². The molecule has 6 heteroatoms. The Morgan fingerprint density at radius 3 is 2.67 bits per heavy atom. The maximum absolute atomic E-state index is 12.9. The molecule has 2 aromatic carbocycles. The van der Waals surface area contributed by atoms with Gasteiger partial charge in [-0.2, -0.15) is 0 Å². The predicted molar refractivity (Wildman–Crippen MR) is 102 cm³/mol. The van der Waals surface area contributed by atoms with Crippen molar-refractivity contribution in [3.05, 3.63) is 58.7 Å². The van der Waals surface area contributed by atoms with Crippen molar-refractivity contribution in [1.29, 1.82) is 0 Å². The van der Waals surface area contributed by atoms with Gasteiger partial charge in [0.25, 0.3) is 5.91 Å². The van der Waals surface area contributed by atoms with Crippen molar-refractivity contribution in [3.63, 3.8) is 0 Å². The van der Waals surface area contributed by atoms with Gasteiger partial charge in [-0.3, -0.25) is 9.59 Å². The third kappa shape index (κ3) is 3.80. The molecule has 1 heterocycles. The molecule has 0 unspecified atom stereocenters. The highest BCUT2D eigenvalue weighted by molar-refractivity contribution is 6.03. The molecule has 0 aliphatic carbocycles. The molecule has 1 fully saturated rings. The summed E-state index contributed by atoms with van der Waals surface area (Å²) in [5, 5.41) is 10.1. The Kier molecular flexibility index (Phi) is 5.76. The number of hydrogen-bond donors (Lipinski definition) is 2. The van der Waals surface area contributed by atoms with Crippen LogP contribution in [0.25, 0.3) is 0 Å². The second kappa shape index (κ2) is 8.22. The van der Waals surface area contributed by atoms with Crippen LogP contribution in [0.15, 0.2) is 36.4 Å². The summed E-state index contributed by atoms with van der Waals surface area (Å²) in [7, 11) is 1.40. The van der Waals surface area contributed by atoms with Crippen LogP contribution in [-0.4, -0.2) is 42.4 Å². The van der Waals surface area contributed by atoms with Gasteiger partial charge in [-0.1, -0.05) is 24.3 Å². The van der Waals surface area contributed by atoms with Gasteiger partial charge in [0.1, 0.15) is 0 Å². The van der Waals surface area contributed by atoms with E-state index in [9.17, 15) is 14.7 Å². The Morgan fingerprint density at radius 2 is 2.04 bits per heavy atom. The van der Waals surface area contributed by atoms with Crippen molar-refractivity contribution < 1.29 is 19.4 Å². The summed E-state index contributed by atoms with van der Waals surface area (Å²) in [5.74, 6) is 0.0125. The highest BCUT2D eigenvalue weighted by atomic mass is 16.5. The van der Waals surface area contributed by atoms with E-state index in [1.807, 2.05) is 12.1 Å². The van der Waals surface area contributed by atoms with Gasteiger partial charge in [-0.15, -0.1) is 0 Å². The molecule has 2 aromatic rings. The molecule has 0 bridgehead atoms. The van der Waals surface area contributed by atoms with Gasteiger partial charge in [0, 0.05) is 19.6 Å². The van der Waals surface area contributed by atoms with Gasteiger partial charge >= 0.3 is 0 Å². The molecule has 0 atom stereocenters. The molecule has 3 N–H and O–H groups in total. The third-order valence-corrected chi connectivity index (χ3v) is 5.19. The number of aromatic hydroxyl groups is 1. The number of nitrogens with two attached hydrogens (primary N) is 1. The van der Waals surface area contributed by atoms with E-state index in [1.165, 1.54) is 24.8 Å². The highest BCUT2D eigenvalue weighted by Crippen LogP contribution is 2.33. The van der Waals surface area contributed by atoms with Crippen LogP contribution in [0, 0.1) is 0 Å². The number of rotatable bonds is 5. The molecule has 3 rings (SSSR count). The first kappa shape index (κ1) is 18.9. The first-order valence-corrected chi connectivity index (χ1v) is 9.02. The van der Waals surface area contributed by atoms with Gasteiger partial charge in [0.2, 0.25) is 0 Å². The number of methoxy groups -OCH3 is 1. The van der Waals surface area contributed by atoms with Crippen molar-refractivity contribution in [2.45, 2.75) is 25.3 Å². The molecule has 6 nitrogen and oxygen atoms in total. The van der Waals surface area contributed by atoms with Crippen LogP contribution in [0.3, 0.4) is 0 Å². The number of benzene rings is 2. The molecule has 1 saturated heterocycles. The zero-order valence-electron chi connectivity index (χ0n) is 15.4. The van der Waals surface area contributed by atoms with Gasteiger partial charge in [0.15, 0.2) is 17.8 Å². The SMILES string of the molecule is COc1ccc(C(=O)N2CCC(c3cccc(CN)c3)CC2)c(C=O)c1O. The Hall–Kier alpha value is -2.86. The number of aldehydes is 1. The lowest BCUT2D eigenvalue weighted by molar-refractivity contribution is 0.0709. The van der Waals surface area contributed by atoms with Gasteiger partial charge in [-0.25, -0.2) is 0 Å². The maximum Gasteiger partial charge on any atom is 0.254 e. The first-order valence-electron chi connectivity index (χ1n) is 9.02. The zero-order chi connectivity index (χ0) is 19.4. The van der Waals surface area contributed by atoms with Crippen molar-refractivity contribution in [2.24, 2.45) is 5.73 Å². The van der Waals surface area contributed by atoms with Crippen molar-refractivity contribution >= 4 is 12.2 Å². The number of ether oxygens (including phenoxy) is 1. The maximum atomic E-state index is 12.9. The summed E-state index contributed by atoms with van der Waals surface area (Å²) in [4.78, 5) is 26.0. The molecule has 0 aromatic heterocycles. The summed E-state index contributed by atoms with van der Waals surface area (Å²) >= 11 is 0. The Labute approximate surface area is 158 Å². The number of carbonyl (C=O) groups excluding carboxylic acids is 2. The molecule has 1 aliphatic heterocycles. The summed E-state index contributed by atoms with van der Waals surface area (Å²) in [6.45, 7) is 1.71. The van der Waals surface area contributed by atoms with Crippen molar-refractivity contribution in [2.75, 3.05) is 20.2 Å². The standard InChI is InChI=1S/C21H24N2O4/c1-27-19-6-5-17(18(13-24)20(19)25)21(26)23-9-7-15(8-10-23)16-4-2-3-14(11-16)12-22/h2-6,11,13,15,25H,7-10,12,22H2,1H3. The summed E-state index contributed by atoms with van der Waals surface area (Å²) in [6.07, 6.45) is 2.19. The average Bonchev–Trinajstić information content (AvgIpc) is 2.73. The molecule has 0 radical (unpaired) electrons. The number of nitrogens with zero attached hydrogens (tertiary/aromatic N) is 1. The predicted octanol–water partition coefficient (Wildman–Crippen LogP) is 2.69. The quantitative estimate of drug-likeness (QED) is 0.792. The lowest BCUT2D eigenvalue weighted by atomic mass is 9.88. The molecular formula is C21H24N2O4. The van der Waals surface area contributed by atoms with Gasteiger partial charge in [0.05, 0.1) is 18.2 Å². The van der Waals surface area contributed by atoms with E-state index in [0.717, 1.165) is 18.4 Å². The molecular weight excluding hydrogens is 344 g/mol. The number of phenolic OH excluding ortho intramolecular Hbond substituents is 1. The number of amides is 1. The zero-order valence-corrected chi connectivity index (χ0v) is 15.4. The second-order valence-corrected chi connectivity index (χ2v) is 6.71. The minimum Gasteiger partial charge on any atom is -0.504 e. The molecule has 0 saturated carbocycles. The summed E-state index contributed by atoms with van der Waals surface area (Å²) in [6, 6.07) is 11.3. The van der Waals surface area contributed by atoms with Crippen LogP contribution in [0.5, 0.6) is 11.5 Å². The van der Waals surface area contributed by atoms with Crippen LogP contribution in [-0.2, 0) is 6.54 Å². The highest BCUT2D eigenvalue weighted by Gasteiger charge is 2.27. The van der Waals surface area contributed by atoms with E-state index in [-0.39, 0.29) is 28.5 Å². The monoisotopic (exact) mass is 368 g/mol. The fraction of sp³-hybridized carbons (Fsp3) is 0.333. The topological polar surface area (TPSA) is 92.9 Å². The molecule has 27 heavy (non-hydrogen) atoms. The number of likely N-dealkylation sites (tertiary alicyclic amines) is 1. The number of piperidine rings is 1. The van der Waals surface area contributed by atoms with E-state index in [1.54, 1.807) is 4.90 Å². The third-order valence-electron chi connectivity index (χ3n) is 5.19. The summed E-state index contributed by atoms with van der Waals surface area (Å²) in [5.41, 5.74) is 8.25. The van der Waals surface area contributed by atoms with Crippen LogP contribution in [0.1, 0.15) is 50.6 Å². The van der Waals surface area contributed by atoms with Gasteiger partial charge in [-0.05, 0) is 42.0 Å². The smallest absolute Gasteiger partial charge is 0.254 e. The second-order valence-electron chi connectivity index (χ2n) is 6.71. The fourth-order valence-electron chi connectivity index (χ4n) is 3.62. The van der Waals surface area contributed by atoms with E-state index in [2.05, 4.69) is 12.1 Å². The molecule has 1 aliphatic rings. The lowest BCUT2D eigenvalue weighted by Gasteiger charge is -2.32. The largest absolute Gasteiger partial charge is 0.504 e. The van der Waals surface area contributed by atoms with Crippen LogP contribution >= 0.6 is 0 Å². The number of hydrogen-bond acceptors (Lipinski definition) is 5. The van der Waals surface area contributed by atoms with E-state index < -0.39 is 0 Å². The minimum atomic E-state index is -0.299. The van der Waals surface area contributed by atoms with Gasteiger partial charge < -0.3 is 20.5 Å². The lowest BCUT2D eigenvalue weighted by Crippen LogP contribution is -2.38.